The first-order chi connectivity index (χ1) is 13.8. The van der Waals surface area contributed by atoms with Crippen molar-refractivity contribution in [1.29, 1.82) is 0 Å². The van der Waals surface area contributed by atoms with E-state index in [0.717, 1.165) is 6.42 Å². The van der Waals surface area contributed by atoms with Crippen LogP contribution in [0.25, 0.3) is 0 Å². The van der Waals surface area contributed by atoms with Crippen LogP contribution in [-0.2, 0) is 10.0 Å². The third-order valence-electron chi connectivity index (χ3n) is 4.88. The molecule has 0 bridgehead atoms. The number of amides is 1. The molecule has 7 nitrogen and oxygen atoms in total. The first kappa shape index (κ1) is 21.3. The fourth-order valence-corrected chi connectivity index (χ4v) is 5.35. The molecule has 2 aromatic rings. The van der Waals surface area contributed by atoms with Gasteiger partial charge in [0.05, 0.1) is 11.5 Å². The predicted molar refractivity (Wildman–Crippen MR) is 112 cm³/mol. The monoisotopic (exact) mass is 417 g/mol. The number of piperidine rings is 1. The van der Waals surface area contributed by atoms with Crippen molar-refractivity contribution in [3.05, 3.63) is 48.2 Å². The molecule has 0 saturated carbocycles. The van der Waals surface area contributed by atoms with Crippen molar-refractivity contribution in [3.63, 3.8) is 0 Å². The molecule has 0 radical (unpaired) electrons. The van der Waals surface area contributed by atoms with Gasteiger partial charge in [0.2, 0.25) is 15.9 Å². The molecule has 1 amide bonds. The van der Waals surface area contributed by atoms with E-state index >= 15 is 0 Å². The highest BCUT2D eigenvalue weighted by molar-refractivity contribution is 7.89. The summed E-state index contributed by atoms with van der Waals surface area (Å²) in [5, 5.41) is 2.76. The topological polar surface area (TPSA) is 88.6 Å². The Morgan fingerprint density at radius 1 is 1.17 bits per heavy atom. The Hall–Kier alpha value is -2.45. The van der Waals surface area contributed by atoms with Gasteiger partial charge in [0.15, 0.2) is 0 Å². The maximum Gasteiger partial charge on any atom is 0.261 e. The van der Waals surface area contributed by atoms with Gasteiger partial charge in [-0.25, -0.2) is 13.4 Å². The van der Waals surface area contributed by atoms with Crippen molar-refractivity contribution in [2.75, 3.05) is 25.0 Å². The van der Waals surface area contributed by atoms with Crippen LogP contribution >= 0.6 is 0 Å². The van der Waals surface area contributed by atoms with E-state index in [-0.39, 0.29) is 16.7 Å². The second kappa shape index (κ2) is 8.92. The molecular formula is C21H27N3O4S. The number of hydrogen-bond donors (Lipinski definition) is 1. The number of carbonyl (C=O) groups excluding carboxylic acids is 1. The normalized spacial score (nSPS) is 20.2. The largest absolute Gasteiger partial charge is 0.477 e. The molecule has 1 aromatic carbocycles. The van der Waals surface area contributed by atoms with E-state index in [0.29, 0.717) is 42.8 Å². The number of pyridine rings is 1. The number of aromatic nitrogens is 1. The van der Waals surface area contributed by atoms with Crippen molar-refractivity contribution < 1.29 is 17.9 Å². The van der Waals surface area contributed by atoms with E-state index < -0.39 is 10.0 Å². The lowest BCUT2D eigenvalue weighted by Gasteiger charge is -2.34. The van der Waals surface area contributed by atoms with Crippen LogP contribution in [0.15, 0.2) is 47.5 Å². The number of nitrogens with zero attached hydrogens (tertiary/aromatic N) is 2. The Labute approximate surface area is 172 Å². The Morgan fingerprint density at radius 3 is 2.45 bits per heavy atom. The van der Waals surface area contributed by atoms with Crippen LogP contribution in [0.5, 0.6) is 5.88 Å². The quantitative estimate of drug-likeness (QED) is 0.778. The maximum absolute atomic E-state index is 13.0. The smallest absolute Gasteiger partial charge is 0.261 e. The van der Waals surface area contributed by atoms with E-state index in [2.05, 4.69) is 24.1 Å². The molecule has 2 heterocycles. The van der Waals surface area contributed by atoms with Gasteiger partial charge in [0, 0.05) is 25.0 Å². The third kappa shape index (κ3) is 4.94. The molecule has 1 aliphatic rings. The zero-order valence-electron chi connectivity index (χ0n) is 17.0. The molecule has 156 valence electrons. The van der Waals surface area contributed by atoms with Crippen molar-refractivity contribution >= 4 is 21.6 Å². The summed E-state index contributed by atoms with van der Waals surface area (Å²) < 4.78 is 32.9. The first-order valence-electron chi connectivity index (χ1n) is 9.80. The summed E-state index contributed by atoms with van der Waals surface area (Å²) in [7, 11) is -3.55. The second-order valence-corrected chi connectivity index (χ2v) is 9.47. The van der Waals surface area contributed by atoms with Crippen LogP contribution in [0.2, 0.25) is 0 Å². The number of hydrogen-bond acceptors (Lipinski definition) is 5. The highest BCUT2D eigenvalue weighted by atomic mass is 32.2. The Kier molecular flexibility index (Phi) is 6.54. The van der Waals surface area contributed by atoms with E-state index in [4.69, 9.17) is 4.74 Å². The summed E-state index contributed by atoms with van der Waals surface area (Å²) in [6.07, 6.45) is 2.60. The summed E-state index contributed by atoms with van der Waals surface area (Å²) in [6.45, 7) is 7.44. The van der Waals surface area contributed by atoms with Gasteiger partial charge in [0.1, 0.15) is 5.56 Å². The van der Waals surface area contributed by atoms with Crippen LogP contribution < -0.4 is 10.1 Å². The van der Waals surface area contributed by atoms with Gasteiger partial charge < -0.3 is 10.1 Å². The minimum atomic E-state index is -3.55. The van der Waals surface area contributed by atoms with Gasteiger partial charge in [-0.1, -0.05) is 13.8 Å². The van der Waals surface area contributed by atoms with E-state index in [1.165, 1.54) is 12.1 Å². The third-order valence-corrected chi connectivity index (χ3v) is 6.73. The molecule has 2 atom stereocenters. The van der Waals surface area contributed by atoms with Crippen LogP contribution in [0.1, 0.15) is 37.6 Å². The average molecular weight is 418 g/mol. The second-order valence-electron chi connectivity index (χ2n) is 7.54. The summed E-state index contributed by atoms with van der Waals surface area (Å²) >= 11 is 0. The van der Waals surface area contributed by atoms with Crippen LogP contribution in [0.4, 0.5) is 5.69 Å². The van der Waals surface area contributed by atoms with Crippen molar-refractivity contribution in [2.45, 2.75) is 32.1 Å². The first-order valence-corrected chi connectivity index (χ1v) is 11.2. The molecule has 0 aliphatic carbocycles. The van der Waals surface area contributed by atoms with E-state index in [9.17, 15) is 13.2 Å². The Morgan fingerprint density at radius 2 is 1.83 bits per heavy atom. The van der Waals surface area contributed by atoms with Crippen LogP contribution in [0, 0.1) is 11.8 Å². The highest BCUT2D eigenvalue weighted by Crippen LogP contribution is 2.27. The van der Waals surface area contributed by atoms with Gasteiger partial charge in [0.25, 0.3) is 5.91 Å². The molecule has 8 heteroatoms. The summed E-state index contributed by atoms with van der Waals surface area (Å²) in [6, 6.07) is 9.54. The van der Waals surface area contributed by atoms with Gasteiger partial charge in [-0.2, -0.15) is 4.31 Å². The van der Waals surface area contributed by atoms with Gasteiger partial charge in [-0.05, 0) is 61.6 Å². The predicted octanol–water partition coefficient (Wildman–Crippen LogP) is 3.40. The van der Waals surface area contributed by atoms with Crippen molar-refractivity contribution in [1.82, 2.24) is 9.29 Å². The number of sulfonamides is 1. The fraction of sp³-hybridized carbons (Fsp3) is 0.429. The molecule has 1 aromatic heterocycles. The van der Waals surface area contributed by atoms with Crippen LogP contribution in [0.3, 0.4) is 0 Å². The van der Waals surface area contributed by atoms with Crippen molar-refractivity contribution in [3.8, 4) is 5.88 Å². The summed E-state index contributed by atoms with van der Waals surface area (Å²) in [5.41, 5.74) is 0.822. The summed E-state index contributed by atoms with van der Waals surface area (Å²) in [4.78, 5) is 16.9. The Balaban J connectivity index is 1.74. The number of carbonyl (C=O) groups is 1. The minimum absolute atomic E-state index is 0.230. The molecule has 1 N–H and O–H groups in total. The molecule has 1 fully saturated rings. The molecule has 0 spiro atoms. The molecule has 1 aliphatic heterocycles. The fourth-order valence-electron chi connectivity index (χ4n) is 3.68. The maximum atomic E-state index is 13.0. The highest BCUT2D eigenvalue weighted by Gasteiger charge is 2.31. The number of ether oxygens (including phenoxy) is 1. The lowest BCUT2D eigenvalue weighted by atomic mass is 9.94. The van der Waals surface area contributed by atoms with Gasteiger partial charge >= 0.3 is 0 Å². The molecule has 29 heavy (non-hydrogen) atoms. The molecular weight excluding hydrogens is 390 g/mol. The zero-order valence-corrected chi connectivity index (χ0v) is 17.8. The average Bonchev–Trinajstić information content (AvgIpc) is 2.68. The summed E-state index contributed by atoms with van der Waals surface area (Å²) in [5.74, 6) is 0.577. The minimum Gasteiger partial charge on any atom is -0.477 e. The zero-order chi connectivity index (χ0) is 21.0. The van der Waals surface area contributed by atoms with Gasteiger partial charge in [-0.15, -0.1) is 0 Å². The van der Waals surface area contributed by atoms with E-state index in [1.807, 2.05) is 6.92 Å². The number of rotatable bonds is 6. The standard InChI is InChI=1S/C21H27N3O4S/c1-4-28-21-19(6-5-11-22-21)20(25)23-17-7-9-18(10-8-17)29(26,27)24-13-15(2)12-16(3)14-24/h5-11,15-16H,4,12-14H2,1-3H3,(H,23,25)/t15-,16-/m0/s1. The van der Waals surface area contributed by atoms with Crippen molar-refractivity contribution in [2.24, 2.45) is 11.8 Å². The van der Waals surface area contributed by atoms with Gasteiger partial charge in [-0.3, -0.25) is 4.79 Å². The van der Waals surface area contributed by atoms with Crippen LogP contribution in [-0.4, -0.2) is 43.3 Å². The van der Waals surface area contributed by atoms with E-state index in [1.54, 1.807) is 34.8 Å². The number of nitrogens with one attached hydrogen (secondary N) is 1. The lowest BCUT2D eigenvalue weighted by Crippen LogP contribution is -2.42. The molecule has 0 unspecified atom stereocenters. The number of benzene rings is 1. The lowest BCUT2D eigenvalue weighted by molar-refractivity contribution is 0.102. The molecule has 3 rings (SSSR count). The SMILES string of the molecule is CCOc1ncccc1C(=O)Nc1ccc(S(=O)(=O)N2C[C@@H](C)C[C@H](C)C2)cc1. The number of anilines is 1. The molecule has 1 saturated heterocycles. The Bertz CT molecular complexity index is 950.